The van der Waals surface area contributed by atoms with E-state index in [9.17, 15) is 10.0 Å². The van der Waals surface area contributed by atoms with Crippen molar-refractivity contribution in [1.82, 2.24) is 0 Å². The van der Waals surface area contributed by atoms with E-state index in [0.29, 0.717) is 29.5 Å². The molecule has 110 valence electrons. The fraction of sp³-hybridized carbons (Fsp3) is 0.625. The van der Waals surface area contributed by atoms with Gasteiger partial charge in [0.1, 0.15) is 0 Å². The molecule has 1 aliphatic carbocycles. The Bertz CT molecular complexity index is 445. The van der Waals surface area contributed by atoms with Gasteiger partial charge in [-0.25, -0.2) is 0 Å². The molecule has 1 aromatic rings. The van der Waals surface area contributed by atoms with Crippen LogP contribution in [0, 0.1) is 11.3 Å². The molecule has 1 saturated carbocycles. The highest BCUT2D eigenvalue weighted by molar-refractivity contribution is 6.58. The van der Waals surface area contributed by atoms with Crippen LogP contribution < -0.4 is 5.46 Å². The molecule has 0 aromatic heterocycles. The second-order valence-corrected chi connectivity index (χ2v) is 6.97. The third-order valence-corrected chi connectivity index (χ3v) is 4.08. The summed E-state index contributed by atoms with van der Waals surface area (Å²) in [5, 5.41) is 18.4. The van der Waals surface area contributed by atoms with Crippen LogP contribution in [0.3, 0.4) is 0 Å². The molecule has 2 unspecified atom stereocenters. The summed E-state index contributed by atoms with van der Waals surface area (Å²) < 4.78 is 6.05. The minimum atomic E-state index is -1.41. The van der Waals surface area contributed by atoms with E-state index in [1.807, 2.05) is 12.1 Å². The minimum Gasteiger partial charge on any atom is -0.423 e. The van der Waals surface area contributed by atoms with Crippen molar-refractivity contribution >= 4 is 12.6 Å². The van der Waals surface area contributed by atoms with Gasteiger partial charge in [0.2, 0.25) is 0 Å². The first-order valence-corrected chi connectivity index (χ1v) is 7.42. The van der Waals surface area contributed by atoms with E-state index in [0.717, 1.165) is 18.4 Å². The van der Waals surface area contributed by atoms with Gasteiger partial charge in [-0.2, -0.15) is 0 Å². The third-order valence-electron chi connectivity index (χ3n) is 4.08. The van der Waals surface area contributed by atoms with Gasteiger partial charge in [-0.15, -0.1) is 0 Å². The first-order chi connectivity index (χ1) is 9.35. The summed E-state index contributed by atoms with van der Waals surface area (Å²) in [6, 6.07) is 7.30. The van der Waals surface area contributed by atoms with Crippen LogP contribution in [-0.4, -0.2) is 23.3 Å². The Labute approximate surface area is 122 Å². The Morgan fingerprint density at radius 3 is 2.70 bits per heavy atom. The summed E-state index contributed by atoms with van der Waals surface area (Å²) in [6.45, 7) is 7.44. The summed E-state index contributed by atoms with van der Waals surface area (Å²) in [6.07, 6.45) is 3.78. The van der Waals surface area contributed by atoms with Gasteiger partial charge in [0.15, 0.2) is 0 Å². The molecule has 0 aliphatic heterocycles. The molecule has 1 fully saturated rings. The monoisotopic (exact) mass is 276 g/mol. The molecule has 4 heteroatoms. The van der Waals surface area contributed by atoms with E-state index >= 15 is 0 Å². The number of ether oxygens (including phenoxy) is 1. The normalized spacial score (nSPS) is 25.4. The van der Waals surface area contributed by atoms with Gasteiger partial charge >= 0.3 is 7.12 Å². The van der Waals surface area contributed by atoms with E-state index in [4.69, 9.17) is 4.74 Å². The zero-order valence-electron chi connectivity index (χ0n) is 12.7. The molecule has 2 atom stereocenters. The third kappa shape index (κ3) is 4.34. The lowest BCUT2D eigenvalue weighted by molar-refractivity contribution is -0.0316. The molecule has 3 nitrogen and oxygen atoms in total. The zero-order chi connectivity index (χ0) is 14.8. The average molecular weight is 276 g/mol. The summed E-state index contributed by atoms with van der Waals surface area (Å²) in [5.74, 6) is 0.703. The smallest absolute Gasteiger partial charge is 0.423 e. The number of hydrogen-bond acceptors (Lipinski definition) is 3. The number of benzene rings is 1. The minimum absolute atomic E-state index is 0.302. The number of hydrogen-bond donors (Lipinski definition) is 2. The second-order valence-electron chi connectivity index (χ2n) is 6.97. The maximum absolute atomic E-state index is 9.18. The molecule has 0 heterocycles. The van der Waals surface area contributed by atoms with E-state index in [1.165, 1.54) is 6.42 Å². The summed E-state index contributed by atoms with van der Waals surface area (Å²) >= 11 is 0. The van der Waals surface area contributed by atoms with E-state index in [2.05, 4.69) is 20.8 Å². The van der Waals surface area contributed by atoms with Gasteiger partial charge < -0.3 is 14.8 Å². The van der Waals surface area contributed by atoms with Crippen LogP contribution in [0.1, 0.15) is 45.6 Å². The van der Waals surface area contributed by atoms with Gasteiger partial charge in [0.25, 0.3) is 0 Å². The van der Waals surface area contributed by atoms with Crippen molar-refractivity contribution in [3.8, 4) is 0 Å². The molecule has 0 bridgehead atoms. The predicted octanol–water partition coefficient (Wildman–Crippen LogP) is 2.10. The lowest BCUT2D eigenvalue weighted by atomic mass is 9.71. The lowest BCUT2D eigenvalue weighted by Crippen LogP contribution is -2.33. The van der Waals surface area contributed by atoms with Crippen LogP contribution in [0.5, 0.6) is 0 Å². The molecule has 0 saturated heterocycles. The first-order valence-electron chi connectivity index (χ1n) is 7.42. The van der Waals surface area contributed by atoms with Crippen molar-refractivity contribution in [3.63, 3.8) is 0 Å². The molecule has 0 radical (unpaired) electrons. The Kier molecular flexibility index (Phi) is 4.89. The highest BCUT2D eigenvalue weighted by Gasteiger charge is 2.32. The fourth-order valence-electron chi connectivity index (χ4n) is 3.44. The topological polar surface area (TPSA) is 49.7 Å². The van der Waals surface area contributed by atoms with Crippen LogP contribution >= 0.6 is 0 Å². The van der Waals surface area contributed by atoms with Crippen molar-refractivity contribution in [2.75, 3.05) is 0 Å². The summed E-state index contributed by atoms with van der Waals surface area (Å²) in [7, 11) is -1.41. The molecule has 0 spiro atoms. The van der Waals surface area contributed by atoms with Crippen molar-refractivity contribution in [2.24, 2.45) is 11.3 Å². The Morgan fingerprint density at radius 2 is 2.05 bits per heavy atom. The van der Waals surface area contributed by atoms with Gasteiger partial charge in [-0.05, 0) is 41.6 Å². The molecule has 1 aromatic carbocycles. The van der Waals surface area contributed by atoms with Crippen LogP contribution in [0.2, 0.25) is 0 Å². The molecule has 1 aliphatic rings. The molecular formula is C16H25BO3. The molecule has 20 heavy (non-hydrogen) atoms. The molecular weight excluding hydrogens is 251 g/mol. The van der Waals surface area contributed by atoms with Crippen molar-refractivity contribution in [2.45, 2.75) is 52.7 Å². The summed E-state index contributed by atoms with van der Waals surface area (Å²) in [4.78, 5) is 0. The molecule has 2 N–H and O–H groups in total. The number of rotatable bonds is 4. The Morgan fingerprint density at radius 1 is 1.30 bits per heavy atom. The maximum Gasteiger partial charge on any atom is 0.488 e. The second kappa shape index (κ2) is 6.29. The van der Waals surface area contributed by atoms with Crippen LogP contribution in [0.25, 0.3) is 0 Å². The van der Waals surface area contributed by atoms with Crippen LogP contribution in [-0.2, 0) is 11.3 Å². The quantitative estimate of drug-likeness (QED) is 0.828. The molecule has 2 rings (SSSR count). The predicted molar refractivity (Wildman–Crippen MR) is 81.6 cm³/mol. The summed E-state index contributed by atoms with van der Waals surface area (Å²) in [5.41, 5.74) is 1.86. The SMILES string of the molecule is CC1CC(OCc2cccc(B(O)O)c2)CC(C)(C)C1. The van der Waals surface area contributed by atoms with Gasteiger partial charge in [0.05, 0.1) is 12.7 Å². The van der Waals surface area contributed by atoms with Gasteiger partial charge in [0, 0.05) is 0 Å². The highest BCUT2D eigenvalue weighted by Crippen LogP contribution is 2.39. The van der Waals surface area contributed by atoms with Crippen molar-refractivity contribution in [1.29, 1.82) is 0 Å². The highest BCUT2D eigenvalue weighted by atomic mass is 16.5. The van der Waals surface area contributed by atoms with Crippen molar-refractivity contribution in [3.05, 3.63) is 29.8 Å². The van der Waals surface area contributed by atoms with E-state index < -0.39 is 7.12 Å². The fourth-order valence-corrected chi connectivity index (χ4v) is 3.44. The average Bonchev–Trinajstić information content (AvgIpc) is 2.34. The zero-order valence-corrected chi connectivity index (χ0v) is 12.7. The maximum atomic E-state index is 9.18. The van der Waals surface area contributed by atoms with Crippen molar-refractivity contribution < 1.29 is 14.8 Å². The van der Waals surface area contributed by atoms with Gasteiger partial charge in [-0.1, -0.05) is 45.0 Å². The first kappa shape index (κ1) is 15.6. The van der Waals surface area contributed by atoms with Gasteiger partial charge in [-0.3, -0.25) is 0 Å². The van der Waals surface area contributed by atoms with Crippen LogP contribution in [0.15, 0.2) is 24.3 Å². The molecule has 0 amide bonds. The van der Waals surface area contributed by atoms with Crippen LogP contribution in [0.4, 0.5) is 0 Å². The van der Waals surface area contributed by atoms with E-state index in [-0.39, 0.29) is 0 Å². The Balaban J connectivity index is 1.93. The lowest BCUT2D eigenvalue weighted by Gasteiger charge is -2.38. The Hall–Kier alpha value is -0.835. The largest absolute Gasteiger partial charge is 0.488 e. The standard InChI is InChI=1S/C16H25BO3/c1-12-7-15(10-16(2,3)9-12)20-11-13-5-4-6-14(8-13)17(18)19/h4-6,8,12,15,18-19H,7,9-11H2,1-3H3. The van der Waals surface area contributed by atoms with E-state index in [1.54, 1.807) is 12.1 Å².